The Kier molecular flexibility index (Phi) is 3.07. The van der Waals surface area contributed by atoms with Crippen molar-refractivity contribution < 1.29 is 30.7 Å². The van der Waals surface area contributed by atoms with Gasteiger partial charge < -0.3 is 0 Å². The SMILES string of the molecule is COC1CCOC[I-]1. The molecule has 3 heteroatoms. The molecule has 0 aromatic heterocycles. The van der Waals surface area contributed by atoms with Gasteiger partial charge >= 0.3 is 59.5 Å². The van der Waals surface area contributed by atoms with Crippen LogP contribution in [0.3, 0.4) is 0 Å². The monoisotopic (exact) mass is 229 g/mol. The molecule has 0 amide bonds. The van der Waals surface area contributed by atoms with E-state index in [1.54, 1.807) is 7.11 Å². The van der Waals surface area contributed by atoms with Crippen molar-refractivity contribution in [3.8, 4) is 0 Å². The van der Waals surface area contributed by atoms with Gasteiger partial charge in [-0.05, 0) is 0 Å². The first-order valence-electron chi connectivity index (χ1n) is 2.62. The molecule has 50 valence electrons. The fourth-order valence-corrected chi connectivity index (χ4v) is 2.62. The molecule has 0 bridgehead atoms. The molecule has 0 aromatic rings. The molecule has 1 unspecified atom stereocenters. The molecule has 0 aliphatic carbocycles. The summed E-state index contributed by atoms with van der Waals surface area (Å²) >= 11 is 0.204. The quantitative estimate of drug-likeness (QED) is 0.363. The molecule has 1 aliphatic rings. The van der Waals surface area contributed by atoms with Gasteiger partial charge in [-0.2, -0.15) is 0 Å². The van der Waals surface area contributed by atoms with Gasteiger partial charge in [-0.25, -0.2) is 0 Å². The van der Waals surface area contributed by atoms with Crippen LogP contribution in [0.2, 0.25) is 0 Å². The molecule has 1 fully saturated rings. The summed E-state index contributed by atoms with van der Waals surface area (Å²) in [5.74, 6) is 0. The molecule has 0 radical (unpaired) electrons. The van der Waals surface area contributed by atoms with Crippen molar-refractivity contribution in [2.75, 3.05) is 18.3 Å². The number of ether oxygens (including phenoxy) is 2. The standard InChI is InChI=1S/C5H10IO2/c1-7-5-2-3-8-4-6-5/h5H,2-4H2,1H3/q-1. The summed E-state index contributed by atoms with van der Waals surface area (Å²) in [7, 11) is 1.79. The zero-order valence-corrected chi connectivity index (χ0v) is 7.05. The molecule has 0 aromatic carbocycles. The van der Waals surface area contributed by atoms with Crippen LogP contribution in [0, 0.1) is 0 Å². The molecule has 8 heavy (non-hydrogen) atoms. The molecule has 0 spiro atoms. The number of methoxy groups -OCH3 is 1. The van der Waals surface area contributed by atoms with Crippen LogP contribution in [0.15, 0.2) is 0 Å². The van der Waals surface area contributed by atoms with Crippen molar-refractivity contribution in [1.82, 2.24) is 0 Å². The third kappa shape index (κ3) is 1.87. The summed E-state index contributed by atoms with van der Waals surface area (Å²) < 4.78 is 11.9. The summed E-state index contributed by atoms with van der Waals surface area (Å²) in [6, 6.07) is 0. The second kappa shape index (κ2) is 3.63. The predicted octanol–water partition coefficient (Wildman–Crippen LogP) is -2.57. The van der Waals surface area contributed by atoms with Gasteiger partial charge in [0.15, 0.2) is 0 Å². The van der Waals surface area contributed by atoms with Gasteiger partial charge in [-0.1, -0.05) is 0 Å². The molecule has 1 rings (SSSR count). The Labute approximate surface area is 59.8 Å². The van der Waals surface area contributed by atoms with Crippen LogP contribution in [0.4, 0.5) is 0 Å². The first kappa shape index (κ1) is 6.77. The van der Waals surface area contributed by atoms with Crippen LogP contribution in [-0.4, -0.2) is 22.4 Å². The van der Waals surface area contributed by atoms with E-state index in [-0.39, 0.29) is 21.2 Å². The normalized spacial score (nSPS) is 31.4. The van der Waals surface area contributed by atoms with Crippen LogP contribution in [0.25, 0.3) is 0 Å². The summed E-state index contributed by atoms with van der Waals surface area (Å²) in [5.41, 5.74) is 0. The molecule has 1 aliphatic heterocycles. The molecule has 1 heterocycles. The Morgan fingerprint density at radius 3 is 3.00 bits per heavy atom. The van der Waals surface area contributed by atoms with Crippen LogP contribution >= 0.6 is 0 Å². The zero-order valence-electron chi connectivity index (χ0n) is 4.89. The fraction of sp³-hybridized carbons (Fsp3) is 1.00. The number of alkyl halides is 2. The van der Waals surface area contributed by atoms with Gasteiger partial charge in [0.2, 0.25) is 0 Å². The Balaban J connectivity index is 2.13. The third-order valence-electron chi connectivity index (χ3n) is 1.06. The Morgan fingerprint density at radius 2 is 2.62 bits per heavy atom. The van der Waals surface area contributed by atoms with Crippen LogP contribution in [0.5, 0.6) is 0 Å². The van der Waals surface area contributed by atoms with E-state index in [0.717, 1.165) is 17.6 Å². The predicted molar refractivity (Wildman–Crippen MR) is 26.2 cm³/mol. The summed E-state index contributed by atoms with van der Waals surface area (Å²) in [5, 5.41) is 0. The van der Waals surface area contributed by atoms with Crippen LogP contribution in [0.1, 0.15) is 6.42 Å². The number of hydrogen-bond donors (Lipinski definition) is 0. The first-order chi connectivity index (χ1) is 3.93. The van der Waals surface area contributed by atoms with E-state index in [1.165, 1.54) is 0 Å². The summed E-state index contributed by atoms with van der Waals surface area (Å²) in [6.07, 6.45) is 1.11. The third-order valence-corrected chi connectivity index (χ3v) is 3.97. The summed E-state index contributed by atoms with van der Waals surface area (Å²) in [4.78, 5) is 0. The van der Waals surface area contributed by atoms with E-state index in [1.807, 2.05) is 0 Å². The molecular weight excluding hydrogens is 219 g/mol. The molecule has 1 saturated heterocycles. The topological polar surface area (TPSA) is 18.5 Å². The fourth-order valence-electron chi connectivity index (χ4n) is 0.603. The van der Waals surface area contributed by atoms with Crippen molar-refractivity contribution in [2.24, 2.45) is 0 Å². The minimum atomic E-state index is 0.204. The van der Waals surface area contributed by atoms with Gasteiger partial charge in [0.05, 0.1) is 0 Å². The number of halogens is 1. The summed E-state index contributed by atoms with van der Waals surface area (Å²) in [6.45, 7) is 0.901. The second-order valence-electron chi connectivity index (χ2n) is 1.61. The van der Waals surface area contributed by atoms with E-state index in [9.17, 15) is 0 Å². The zero-order chi connectivity index (χ0) is 5.82. The Morgan fingerprint density at radius 1 is 1.75 bits per heavy atom. The minimum absolute atomic E-state index is 0.204. The molecular formula is C5H10IO2-. The van der Waals surface area contributed by atoms with Gasteiger partial charge in [0.25, 0.3) is 0 Å². The maximum absolute atomic E-state index is 5.17. The molecule has 2 nitrogen and oxygen atoms in total. The van der Waals surface area contributed by atoms with Crippen molar-refractivity contribution in [1.29, 1.82) is 0 Å². The Bertz CT molecular complexity index is 61.4. The van der Waals surface area contributed by atoms with Gasteiger partial charge in [0.1, 0.15) is 0 Å². The van der Waals surface area contributed by atoms with Crippen molar-refractivity contribution >= 4 is 0 Å². The average Bonchev–Trinajstić information content (AvgIpc) is 1.90. The number of hydrogen-bond acceptors (Lipinski definition) is 2. The molecule has 0 saturated carbocycles. The van der Waals surface area contributed by atoms with Crippen LogP contribution in [-0.2, 0) is 9.47 Å². The number of rotatable bonds is 1. The van der Waals surface area contributed by atoms with Crippen molar-refractivity contribution in [3.63, 3.8) is 0 Å². The van der Waals surface area contributed by atoms with Crippen LogP contribution < -0.4 is 21.2 Å². The van der Waals surface area contributed by atoms with E-state index in [2.05, 4.69) is 0 Å². The first-order valence-corrected chi connectivity index (χ1v) is 5.39. The van der Waals surface area contributed by atoms with Gasteiger partial charge in [-0.15, -0.1) is 0 Å². The van der Waals surface area contributed by atoms with E-state index in [4.69, 9.17) is 9.47 Å². The average molecular weight is 229 g/mol. The maximum atomic E-state index is 5.17. The van der Waals surface area contributed by atoms with E-state index < -0.39 is 0 Å². The van der Waals surface area contributed by atoms with Crippen molar-refractivity contribution in [2.45, 2.75) is 10.5 Å². The second-order valence-corrected chi connectivity index (χ2v) is 4.50. The van der Waals surface area contributed by atoms with E-state index in [0.29, 0.717) is 4.11 Å². The molecule has 0 N–H and O–H groups in total. The van der Waals surface area contributed by atoms with Gasteiger partial charge in [0, 0.05) is 0 Å². The van der Waals surface area contributed by atoms with Crippen molar-refractivity contribution in [3.05, 3.63) is 0 Å². The Hall–Kier alpha value is 0.650. The van der Waals surface area contributed by atoms with E-state index >= 15 is 0 Å². The molecule has 1 atom stereocenters. The van der Waals surface area contributed by atoms with Gasteiger partial charge in [-0.3, -0.25) is 0 Å².